The number of hydrogen-bond acceptors (Lipinski definition) is 7. The van der Waals surface area contributed by atoms with Crippen LogP contribution in [0.5, 0.6) is 0 Å². The summed E-state index contributed by atoms with van der Waals surface area (Å²) in [6.07, 6.45) is 2.45. The summed E-state index contributed by atoms with van der Waals surface area (Å²) in [6.45, 7) is 8.08. The molecule has 0 bridgehead atoms. The smallest absolute Gasteiger partial charge is 0.270 e. The molecule has 0 radical (unpaired) electrons. The highest BCUT2D eigenvalue weighted by Crippen LogP contribution is 2.26. The second-order valence-corrected chi connectivity index (χ2v) is 11.7. The number of nitrogens with zero attached hydrogens (tertiary/aromatic N) is 3. The van der Waals surface area contributed by atoms with Crippen molar-refractivity contribution in [3.63, 3.8) is 0 Å². The third kappa shape index (κ3) is 5.81. The van der Waals surface area contributed by atoms with Crippen LogP contribution in [0.4, 0.5) is 10.8 Å². The highest BCUT2D eigenvalue weighted by molar-refractivity contribution is 7.91. The van der Waals surface area contributed by atoms with Crippen LogP contribution in [0.15, 0.2) is 52.9 Å². The Balaban J connectivity index is 1.39. The van der Waals surface area contributed by atoms with Crippen molar-refractivity contribution in [2.45, 2.75) is 44.0 Å². The van der Waals surface area contributed by atoms with Crippen LogP contribution in [0.1, 0.15) is 54.2 Å². The van der Waals surface area contributed by atoms with Crippen molar-refractivity contribution >= 4 is 38.1 Å². The van der Waals surface area contributed by atoms with Crippen LogP contribution in [0.25, 0.3) is 0 Å². The van der Waals surface area contributed by atoms with Gasteiger partial charge in [-0.25, -0.2) is 13.1 Å². The summed E-state index contributed by atoms with van der Waals surface area (Å²) in [5.41, 5.74) is 3.51. The lowest BCUT2D eigenvalue weighted by Gasteiger charge is -2.33. The van der Waals surface area contributed by atoms with E-state index < -0.39 is 16.1 Å². The Labute approximate surface area is 204 Å². The highest BCUT2D eigenvalue weighted by atomic mass is 32.2. The number of carbonyl (C=O) groups is 1. The van der Waals surface area contributed by atoms with Gasteiger partial charge in [0.1, 0.15) is 0 Å². The van der Waals surface area contributed by atoms with Crippen LogP contribution in [0.2, 0.25) is 0 Å². The number of sulfonamides is 1. The monoisotopic (exact) mass is 499 g/mol. The predicted octanol–water partition coefficient (Wildman–Crippen LogP) is 4.37. The van der Waals surface area contributed by atoms with Gasteiger partial charge in [-0.3, -0.25) is 10.1 Å². The van der Waals surface area contributed by atoms with Crippen molar-refractivity contribution < 1.29 is 13.2 Å². The molecule has 2 atom stereocenters. The molecule has 1 aliphatic heterocycles. The number of aromatic nitrogens is 2. The number of piperidine rings is 1. The summed E-state index contributed by atoms with van der Waals surface area (Å²) in [5.74, 6) is 0.308. The lowest BCUT2D eigenvalue weighted by atomic mass is 9.99. The Morgan fingerprint density at radius 2 is 1.82 bits per heavy atom. The molecule has 180 valence electrons. The second-order valence-electron chi connectivity index (χ2n) is 8.82. The fourth-order valence-corrected chi connectivity index (χ4v) is 6.14. The molecule has 0 aliphatic carbocycles. The van der Waals surface area contributed by atoms with Crippen LogP contribution in [0.3, 0.4) is 0 Å². The Hall–Kier alpha value is -2.82. The summed E-state index contributed by atoms with van der Waals surface area (Å²) in [4.78, 5) is 14.7. The van der Waals surface area contributed by atoms with Gasteiger partial charge in [-0.1, -0.05) is 48.1 Å². The molecule has 4 rings (SSSR count). The van der Waals surface area contributed by atoms with E-state index in [9.17, 15) is 13.2 Å². The summed E-state index contributed by atoms with van der Waals surface area (Å²) < 4.78 is 28.2. The minimum absolute atomic E-state index is 0.124. The van der Waals surface area contributed by atoms with Gasteiger partial charge in [0.05, 0.1) is 0 Å². The Morgan fingerprint density at radius 1 is 1.12 bits per heavy atom. The SMILES string of the molecule is Cc1ccc(C(=O)Nc2nnc(S(=O)(=O)N[C@H](C)c3ccc(N4CCC[C@@H](C)C4)cc3)s2)cc1. The van der Waals surface area contributed by atoms with E-state index >= 15 is 0 Å². The third-order valence-corrected chi connectivity index (χ3v) is 8.66. The van der Waals surface area contributed by atoms with Crippen LogP contribution in [0, 0.1) is 12.8 Å². The van der Waals surface area contributed by atoms with Gasteiger partial charge in [0.15, 0.2) is 0 Å². The molecule has 8 nitrogen and oxygen atoms in total. The first kappa shape index (κ1) is 24.3. The number of nitrogens with one attached hydrogen (secondary N) is 2. The first-order valence-corrected chi connectivity index (χ1v) is 13.6. The van der Waals surface area contributed by atoms with E-state index in [1.807, 2.05) is 43.3 Å². The van der Waals surface area contributed by atoms with Gasteiger partial charge in [0.25, 0.3) is 15.9 Å². The van der Waals surface area contributed by atoms with Gasteiger partial charge < -0.3 is 4.90 Å². The molecule has 0 saturated carbocycles. The summed E-state index contributed by atoms with van der Waals surface area (Å²) in [5, 5.41) is 10.3. The van der Waals surface area contributed by atoms with Crippen LogP contribution >= 0.6 is 11.3 Å². The average molecular weight is 500 g/mol. The number of benzene rings is 2. The van der Waals surface area contributed by atoms with E-state index in [0.29, 0.717) is 11.5 Å². The van der Waals surface area contributed by atoms with E-state index in [2.05, 4.69) is 32.1 Å². The summed E-state index contributed by atoms with van der Waals surface area (Å²) in [6, 6.07) is 14.6. The van der Waals surface area contributed by atoms with Gasteiger partial charge in [0, 0.05) is 30.4 Å². The molecule has 2 aromatic carbocycles. The maximum Gasteiger partial charge on any atom is 0.270 e. The molecule has 1 aliphatic rings. The first-order chi connectivity index (χ1) is 16.2. The lowest BCUT2D eigenvalue weighted by molar-refractivity contribution is 0.102. The van der Waals surface area contributed by atoms with Gasteiger partial charge in [-0.2, -0.15) is 0 Å². The predicted molar refractivity (Wildman–Crippen MR) is 135 cm³/mol. The highest BCUT2D eigenvalue weighted by Gasteiger charge is 2.24. The largest absolute Gasteiger partial charge is 0.371 e. The fraction of sp³-hybridized carbons (Fsp3) is 0.375. The first-order valence-electron chi connectivity index (χ1n) is 11.3. The van der Waals surface area contributed by atoms with Gasteiger partial charge in [-0.15, -0.1) is 10.2 Å². The number of amides is 1. The maximum absolute atomic E-state index is 12.8. The molecule has 0 unspecified atom stereocenters. The molecule has 0 spiro atoms. The molecule has 34 heavy (non-hydrogen) atoms. The molecule has 1 aromatic heterocycles. The topological polar surface area (TPSA) is 104 Å². The number of hydrogen-bond donors (Lipinski definition) is 2. The zero-order valence-electron chi connectivity index (χ0n) is 19.5. The minimum atomic E-state index is -3.90. The normalized spacial score (nSPS) is 17.4. The zero-order valence-corrected chi connectivity index (χ0v) is 21.1. The molecule has 10 heteroatoms. The number of anilines is 2. The maximum atomic E-state index is 12.8. The number of aryl methyl sites for hydroxylation is 1. The molecule has 2 heterocycles. The standard InChI is InChI=1S/C24H29N5O3S2/c1-16-6-8-20(9-7-16)22(30)25-23-26-27-24(33-23)34(31,32)28-18(3)19-10-12-21(13-11-19)29-14-4-5-17(2)15-29/h6-13,17-18,28H,4-5,14-15H2,1-3H3,(H,25,26,30)/t17-,18-/m1/s1. The van der Waals surface area contributed by atoms with E-state index in [1.54, 1.807) is 19.1 Å². The Kier molecular flexibility index (Phi) is 7.30. The van der Waals surface area contributed by atoms with E-state index in [-0.39, 0.29) is 15.4 Å². The van der Waals surface area contributed by atoms with Gasteiger partial charge >= 0.3 is 0 Å². The molecular formula is C24H29N5O3S2. The van der Waals surface area contributed by atoms with Crippen LogP contribution in [-0.4, -0.2) is 37.6 Å². The van der Waals surface area contributed by atoms with E-state index in [1.165, 1.54) is 12.8 Å². The molecule has 1 fully saturated rings. The lowest BCUT2D eigenvalue weighted by Crippen LogP contribution is -2.34. The molecule has 2 N–H and O–H groups in total. The third-order valence-electron chi connectivity index (χ3n) is 5.92. The fourth-order valence-electron chi connectivity index (χ4n) is 3.99. The Bertz CT molecular complexity index is 1240. The quantitative estimate of drug-likeness (QED) is 0.468. The summed E-state index contributed by atoms with van der Waals surface area (Å²) in [7, 11) is -3.90. The van der Waals surface area contributed by atoms with E-state index in [4.69, 9.17) is 0 Å². The molecule has 3 aromatic rings. The second kappa shape index (κ2) is 10.2. The van der Waals surface area contributed by atoms with E-state index in [0.717, 1.165) is 41.2 Å². The van der Waals surface area contributed by atoms with Crippen molar-refractivity contribution in [2.75, 3.05) is 23.3 Å². The minimum Gasteiger partial charge on any atom is -0.371 e. The van der Waals surface area contributed by atoms with Crippen molar-refractivity contribution in [3.8, 4) is 0 Å². The van der Waals surface area contributed by atoms with Crippen molar-refractivity contribution in [1.82, 2.24) is 14.9 Å². The van der Waals surface area contributed by atoms with Crippen LogP contribution in [-0.2, 0) is 10.0 Å². The summed E-state index contributed by atoms with van der Waals surface area (Å²) >= 11 is 0.813. The molecule has 1 amide bonds. The molecule has 1 saturated heterocycles. The number of carbonyl (C=O) groups excluding carboxylic acids is 1. The molecular weight excluding hydrogens is 470 g/mol. The average Bonchev–Trinajstić information content (AvgIpc) is 3.29. The zero-order chi connectivity index (χ0) is 24.3. The van der Waals surface area contributed by atoms with Gasteiger partial charge in [-0.05, 0) is 62.4 Å². The van der Waals surface area contributed by atoms with Crippen molar-refractivity contribution in [2.24, 2.45) is 5.92 Å². The van der Waals surface area contributed by atoms with Crippen molar-refractivity contribution in [3.05, 3.63) is 65.2 Å². The van der Waals surface area contributed by atoms with Crippen molar-refractivity contribution in [1.29, 1.82) is 0 Å². The Morgan fingerprint density at radius 3 is 2.50 bits per heavy atom. The number of rotatable bonds is 7. The van der Waals surface area contributed by atoms with Crippen LogP contribution < -0.4 is 14.9 Å². The van der Waals surface area contributed by atoms with Gasteiger partial charge in [0.2, 0.25) is 9.47 Å².